The van der Waals surface area contributed by atoms with Crippen LogP contribution in [0.2, 0.25) is 0 Å². The monoisotopic (exact) mass is 201 g/mol. The van der Waals surface area contributed by atoms with Gasteiger partial charge in [0, 0.05) is 45.8 Å². The number of rotatable bonds is 0. The first-order chi connectivity index (χ1) is 7.00. The minimum atomic E-state index is 0.980. The molecule has 1 saturated heterocycles. The van der Waals surface area contributed by atoms with Crippen molar-refractivity contribution in [1.82, 2.24) is 26.8 Å². The van der Waals surface area contributed by atoms with E-state index in [9.17, 15) is 0 Å². The Kier molecular flexibility index (Phi) is 7.94. The van der Waals surface area contributed by atoms with Crippen molar-refractivity contribution in [1.29, 1.82) is 0 Å². The third-order valence-corrected chi connectivity index (χ3v) is 2.16. The van der Waals surface area contributed by atoms with Gasteiger partial charge >= 0.3 is 0 Å². The van der Waals surface area contributed by atoms with Gasteiger partial charge in [0.15, 0.2) is 0 Å². The predicted octanol–water partition coefficient (Wildman–Crippen LogP) is -1.75. The maximum Gasteiger partial charge on any atom is 0.0225 e. The minimum absolute atomic E-state index is 0.980. The molecule has 1 fully saturated rings. The highest BCUT2D eigenvalue weighted by Crippen LogP contribution is 1.72. The van der Waals surface area contributed by atoms with E-state index in [-0.39, 0.29) is 0 Å². The van der Waals surface area contributed by atoms with Crippen LogP contribution in [0.25, 0.3) is 0 Å². The van der Waals surface area contributed by atoms with Crippen LogP contribution >= 0.6 is 0 Å². The largest absolute Gasteiger partial charge is 0.315 e. The van der Waals surface area contributed by atoms with Gasteiger partial charge in [-0.1, -0.05) is 0 Å². The van der Waals surface area contributed by atoms with Gasteiger partial charge in [-0.3, -0.25) is 10.9 Å². The molecule has 84 valence electrons. The van der Waals surface area contributed by atoms with E-state index in [1.165, 1.54) is 6.42 Å². The molecule has 0 aromatic heterocycles. The number of hydrogen-bond donors (Lipinski definition) is 5. The summed E-state index contributed by atoms with van der Waals surface area (Å²) in [7, 11) is 0. The molecule has 5 N–H and O–H groups in total. The fraction of sp³-hybridized carbons (Fsp3) is 1.00. The Morgan fingerprint density at radius 1 is 0.429 bits per heavy atom. The Bertz CT molecular complexity index is 66.5. The van der Waals surface area contributed by atoms with E-state index in [2.05, 4.69) is 26.8 Å². The van der Waals surface area contributed by atoms with Gasteiger partial charge in [0.05, 0.1) is 0 Å². The average molecular weight is 201 g/mol. The SMILES string of the molecule is C1CNCCNCCNCCNNC1. The van der Waals surface area contributed by atoms with E-state index in [1.807, 2.05) is 0 Å². The van der Waals surface area contributed by atoms with Crippen molar-refractivity contribution in [2.75, 3.05) is 52.4 Å². The molecule has 0 unspecified atom stereocenters. The highest BCUT2D eigenvalue weighted by atomic mass is 15.3. The van der Waals surface area contributed by atoms with Crippen molar-refractivity contribution in [2.24, 2.45) is 0 Å². The molecule has 1 aliphatic heterocycles. The molecule has 0 amide bonds. The molecule has 0 bridgehead atoms. The van der Waals surface area contributed by atoms with Gasteiger partial charge in [-0.05, 0) is 13.0 Å². The summed E-state index contributed by atoms with van der Waals surface area (Å²) in [6.45, 7) is 8.34. The molecule has 0 atom stereocenters. The Morgan fingerprint density at radius 3 is 1.64 bits per heavy atom. The summed E-state index contributed by atoms with van der Waals surface area (Å²) < 4.78 is 0. The lowest BCUT2D eigenvalue weighted by molar-refractivity contribution is 0.483. The fourth-order valence-corrected chi connectivity index (χ4v) is 1.36. The van der Waals surface area contributed by atoms with E-state index in [0.717, 1.165) is 52.4 Å². The molecule has 0 aromatic rings. The number of nitrogens with one attached hydrogen (secondary N) is 5. The molecule has 0 radical (unpaired) electrons. The molecule has 5 nitrogen and oxygen atoms in total. The second-order valence-corrected chi connectivity index (χ2v) is 3.46. The van der Waals surface area contributed by atoms with Gasteiger partial charge in [-0.15, -0.1) is 0 Å². The lowest BCUT2D eigenvalue weighted by atomic mass is 10.4. The maximum atomic E-state index is 3.39. The second-order valence-electron chi connectivity index (χ2n) is 3.46. The zero-order valence-electron chi connectivity index (χ0n) is 8.86. The summed E-state index contributed by atoms with van der Waals surface area (Å²) in [5, 5.41) is 10.1. The standard InChI is InChI=1S/C9H23N5/c1-2-10-4-5-11-6-7-12-8-9-14-13-3-1/h10-14H,1-9H2. The molecular formula is C9H23N5. The highest BCUT2D eigenvalue weighted by molar-refractivity contribution is 4.57. The van der Waals surface area contributed by atoms with E-state index in [4.69, 9.17) is 0 Å². The quantitative estimate of drug-likeness (QED) is 0.322. The summed E-state index contributed by atoms with van der Waals surface area (Å²) in [6, 6.07) is 0. The van der Waals surface area contributed by atoms with E-state index in [0.29, 0.717) is 0 Å². The van der Waals surface area contributed by atoms with Crippen LogP contribution < -0.4 is 26.8 Å². The van der Waals surface area contributed by atoms with Crippen molar-refractivity contribution >= 4 is 0 Å². The zero-order chi connectivity index (χ0) is 9.90. The van der Waals surface area contributed by atoms with E-state index < -0.39 is 0 Å². The molecule has 1 aliphatic rings. The zero-order valence-corrected chi connectivity index (χ0v) is 8.86. The molecule has 0 aliphatic carbocycles. The van der Waals surface area contributed by atoms with Crippen LogP contribution in [0.5, 0.6) is 0 Å². The van der Waals surface area contributed by atoms with Crippen molar-refractivity contribution in [2.45, 2.75) is 6.42 Å². The predicted molar refractivity (Wildman–Crippen MR) is 59.2 cm³/mol. The van der Waals surface area contributed by atoms with E-state index >= 15 is 0 Å². The van der Waals surface area contributed by atoms with Gasteiger partial charge in [-0.25, -0.2) is 0 Å². The second kappa shape index (κ2) is 9.36. The third-order valence-electron chi connectivity index (χ3n) is 2.16. The molecule has 1 heterocycles. The molecule has 1 rings (SSSR count). The topological polar surface area (TPSA) is 60.1 Å². The summed E-state index contributed by atoms with van der Waals surface area (Å²) >= 11 is 0. The summed E-state index contributed by atoms with van der Waals surface area (Å²) in [5.41, 5.74) is 6.37. The van der Waals surface area contributed by atoms with Crippen LogP contribution in [-0.2, 0) is 0 Å². The van der Waals surface area contributed by atoms with Crippen molar-refractivity contribution in [3.63, 3.8) is 0 Å². The van der Waals surface area contributed by atoms with Crippen LogP contribution in [0.1, 0.15) is 6.42 Å². The number of hydrogen-bond acceptors (Lipinski definition) is 5. The van der Waals surface area contributed by atoms with Gasteiger partial charge in [0.1, 0.15) is 0 Å². The summed E-state index contributed by atoms with van der Waals surface area (Å²) in [4.78, 5) is 0. The Balaban J connectivity index is 2.00. The van der Waals surface area contributed by atoms with Gasteiger partial charge < -0.3 is 16.0 Å². The first kappa shape index (κ1) is 11.9. The lowest BCUT2D eigenvalue weighted by Gasteiger charge is -2.11. The summed E-state index contributed by atoms with van der Waals surface area (Å²) in [6.07, 6.45) is 1.17. The molecule has 0 saturated carbocycles. The minimum Gasteiger partial charge on any atom is -0.315 e. The Morgan fingerprint density at radius 2 is 0.929 bits per heavy atom. The smallest absolute Gasteiger partial charge is 0.0225 e. The first-order valence-corrected chi connectivity index (χ1v) is 5.58. The van der Waals surface area contributed by atoms with Crippen LogP contribution in [0, 0.1) is 0 Å². The van der Waals surface area contributed by atoms with E-state index in [1.54, 1.807) is 0 Å². The molecule has 0 spiro atoms. The number of hydrazine groups is 1. The van der Waals surface area contributed by atoms with Gasteiger partial charge in [-0.2, -0.15) is 0 Å². The van der Waals surface area contributed by atoms with Crippen LogP contribution in [-0.4, -0.2) is 52.4 Å². The summed E-state index contributed by atoms with van der Waals surface area (Å²) in [5.74, 6) is 0. The first-order valence-electron chi connectivity index (χ1n) is 5.58. The normalized spacial score (nSPS) is 24.0. The van der Waals surface area contributed by atoms with Crippen molar-refractivity contribution in [3.8, 4) is 0 Å². The van der Waals surface area contributed by atoms with Gasteiger partial charge in [0.2, 0.25) is 0 Å². The highest BCUT2D eigenvalue weighted by Gasteiger charge is 1.92. The van der Waals surface area contributed by atoms with Crippen LogP contribution in [0.15, 0.2) is 0 Å². The molecule has 5 heteroatoms. The van der Waals surface area contributed by atoms with Crippen molar-refractivity contribution < 1.29 is 0 Å². The molecular weight excluding hydrogens is 178 g/mol. The van der Waals surface area contributed by atoms with Crippen LogP contribution in [0.3, 0.4) is 0 Å². The third kappa shape index (κ3) is 7.23. The lowest BCUT2D eigenvalue weighted by Crippen LogP contribution is -2.41. The Labute approximate surface area is 86.4 Å². The van der Waals surface area contributed by atoms with Gasteiger partial charge in [0.25, 0.3) is 0 Å². The molecule has 0 aromatic carbocycles. The fourth-order valence-electron chi connectivity index (χ4n) is 1.36. The van der Waals surface area contributed by atoms with Crippen LogP contribution in [0.4, 0.5) is 0 Å². The average Bonchev–Trinajstić information content (AvgIpc) is 2.22. The maximum absolute atomic E-state index is 3.39. The molecule has 14 heavy (non-hydrogen) atoms. The Hall–Kier alpha value is -0.200. The van der Waals surface area contributed by atoms with Crippen molar-refractivity contribution in [3.05, 3.63) is 0 Å².